The number of nitrogens with two attached hydrogens (primary N) is 1. The van der Waals surface area contributed by atoms with Gasteiger partial charge in [-0.15, -0.1) is 0 Å². The van der Waals surface area contributed by atoms with E-state index >= 15 is 0 Å². The van der Waals surface area contributed by atoms with Gasteiger partial charge in [-0.3, -0.25) is 0 Å². The molecule has 3 N–H and O–H groups in total. The highest BCUT2D eigenvalue weighted by atomic mass is 79.9. The minimum atomic E-state index is 0.384. The van der Waals surface area contributed by atoms with Crippen molar-refractivity contribution in [2.24, 2.45) is 0 Å². The first kappa shape index (κ1) is 13.1. The largest absolute Gasteiger partial charge is 0.497 e. The minimum absolute atomic E-state index is 0.384. The highest BCUT2D eigenvalue weighted by molar-refractivity contribution is 9.11. The Kier molecular flexibility index (Phi) is 4.03. The molecule has 7 heteroatoms. The summed E-state index contributed by atoms with van der Waals surface area (Å²) in [5, 5.41) is 3.14. The third-order valence-corrected chi connectivity index (χ3v) is 3.43. The molecule has 0 aliphatic rings. The molecular formula is C11H10Br2N4O. The lowest BCUT2D eigenvalue weighted by molar-refractivity contribution is 0.415. The average molecular weight is 374 g/mol. The van der Waals surface area contributed by atoms with Gasteiger partial charge in [-0.1, -0.05) is 15.9 Å². The van der Waals surface area contributed by atoms with Gasteiger partial charge >= 0.3 is 0 Å². The van der Waals surface area contributed by atoms with Gasteiger partial charge in [0, 0.05) is 16.2 Å². The Hall–Kier alpha value is -1.34. The number of hydrogen-bond acceptors (Lipinski definition) is 5. The second kappa shape index (κ2) is 5.53. The lowest BCUT2D eigenvalue weighted by Gasteiger charge is -2.10. The van der Waals surface area contributed by atoms with E-state index in [0.717, 1.165) is 15.9 Å². The van der Waals surface area contributed by atoms with Crippen LogP contribution >= 0.6 is 31.9 Å². The molecule has 0 radical (unpaired) electrons. The van der Waals surface area contributed by atoms with Crippen molar-refractivity contribution < 1.29 is 4.74 Å². The molecule has 0 amide bonds. The van der Waals surface area contributed by atoms with Crippen molar-refractivity contribution in [2.45, 2.75) is 0 Å². The van der Waals surface area contributed by atoms with Crippen LogP contribution in [0.25, 0.3) is 0 Å². The molecule has 18 heavy (non-hydrogen) atoms. The topological polar surface area (TPSA) is 73.1 Å². The van der Waals surface area contributed by atoms with E-state index in [9.17, 15) is 0 Å². The first-order valence-corrected chi connectivity index (χ1v) is 6.56. The molecule has 0 unspecified atom stereocenters. The zero-order valence-electron chi connectivity index (χ0n) is 9.45. The number of ether oxygens (including phenoxy) is 1. The molecule has 1 heterocycles. The number of methoxy groups -OCH3 is 1. The number of aromatic nitrogens is 2. The summed E-state index contributed by atoms with van der Waals surface area (Å²) < 4.78 is 6.72. The SMILES string of the molecule is COc1cc(Br)cc(Nc2ncnc(N)c2Br)c1. The summed E-state index contributed by atoms with van der Waals surface area (Å²) in [6.45, 7) is 0. The van der Waals surface area contributed by atoms with E-state index in [2.05, 4.69) is 47.1 Å². The van der Waals surface area contributed by atoms with Gasteiger partial charge < -0.3 is 15.8 Å². The molecule has 0 spiro atoms. The van der Waals surface area contributed by atoms with Crippen LogP contribution in [0.2, 0.25) is 0 Å². The summed E-state index contributed by atoms with van der Waals surface area (Å²) >= 11 is 6.75. The molecule has 1 aromatic heterocycles. The lowest BCUT2D eigenvalue weighted by Crippen LogP contribution is -2.00. The Balaban J connectivity index is 2.34. The molecule has 0 saturated heterocycles. The number of halogens is 2. The van der Waals surface area contributed by atoms with E-state index in [1.54, 1.807) is 7.11 Å². The molecule has 0 aliphatic carbocycles. The van der Waals surface area contributed by atoms with Crippen molar-refractivity contribution in [3.05, 3.63) is 33.5 Å². The smallest absolute Gasteiger partial charge is 0.150 e. The average Bonchev–Trinajstić information content (AvgIpc) is 2.34. The summed E-state index contributed by atoms with van der Waals surface area (Å²) in [4.78, 5) is 7.99. The third kappa shape index (κ3) is 2.91. The second-order valence-corrected chi connectivity index (χ2v) is 5.13. The zero-order chi connectivity index (χ0) is 13.1. The second-order valence-electron chi connectivity index (χ2n) is 3.43. The molecular weight excluding hydrogens is 364 g/mol. The normalized spacial score (nSPS) is 10.2. The fourth-order valence-electron chi connectivity index (χ4n) is 1.36. The number of hydrogen-bond donors (Lipinski definition) is 2. The van der Waals surface area contributed by atoms with Gasteiger partial charge in [0.15, 0.2) is 0 Å². The minimum Gasteiger partial charge on any atom is -0.497 e. The van der Waals surface area contributed by atoms with Gasteiger partial charge in [0.1, 0.15) is 28.2 Å². The zero-order valence-corrected chi connectivity index (χ0v) is 12.6. The van der Waals surface area contributed by atoms with Crippen LogP contribution in [0.5, 0.6) is 5.75 Å². The Morgan fingerprint density at radius 1 is 1.22 bits per heavy atom. The molecule has 0 saturated carbocycles. The molecule has 0 bridgehead atoms. The first-order valence-electron chi connectivity index (χ1n) is 4.97. The van der Waals surface area contributed by atoms with E-state index in [1.807, 2.05) is 18.2 Å². The van der Waals surface area contributed by atoms with Crippen molar-refractivity contribution in [1.29, 1.82) is 0 Å². The predicted octanol–water partition coefficient (Wildman–Crippen LogP) is 3.34. The van der Waals surface area contributed by atoms with Gasteiger partial charge in [0.05, 0.1) is 7.11 Å². The Bertz CT molecular complexity index is 577. The molecule has 0 aliphatic heterocycles. The molecule has 94 valence electrons. The number of rotatable bonds is 3. The van der Waals surface area contributed by atoms with Crippen LogP contribution in [0.1, 0.15) is 0 Å². The van der Waals surface area contributed by atoms with Crippen LogP contribution in [0.3, 0.4) is 0 Å². The molecule has 0 atom stereocenters. The maximum absolute atomic E-state index is 5.69. The Morgan fingerprint density at radius 2 is 2.00 bits per heavy atom. The van der Waals surface area contributed by atoms with Crippen LogP contribution in [-0.4, -0.2) is 17.1 Å². The number of nitrogens with zero attached hydrogens (tertiary/aromatic N) is 2. The molecule has 2 aromatic rings. The van der Waals surface area contributed by atoms with Crippen LogP contribution in [0.15, 0.2) is 33.5 Å². The van der Waals surface area contributed by atoms with Gasteiger partial charge in [0.25, 0.3) is 0 Å². The summed E-state index contributed by atoms with van der Waals surface area (Å²) in [6.07, 6.45) is 1.40. The highest BCUT2D eigenvalue weighted by Gasteiger charge is 2.07. The first-order chi connectivity index (χ1) is 8.60. The van der Waals surface area contributed by atoms with Crippen molar-refractivity contribution in [3.8, 4) is 5.75 Å². The third-order valence-electron chi connectivity index (χ3n) is 2.19. The monoisotopic (exact) mass is 372 g/mol. The maximum Gasteiger partial charge on any atom is 0.150 e. The van der Waals surface area contributed by atoms with Gasteiger partial charge in [-0.2, -0.15) is 0 Å². The van der Waals surface area contributed by atoms with Crippen LogP contribution in [0, 0.1) is 0 Å². The predicted molar refractivity (Wildman–Crippen MR) is 78.1 cm³/mol. The Morgan fingerprint density at radius 3 is 2.72 bits per heavy atom. The van der Waals surface area contributed by atoms with E-state index in [-0.39, 0.29) is 0 Å². The molecule has 0 fully saturated rings. The number of nitrogen functional groups attached to an aromatic ring is 1. The highest BCUT2D eigenvalue weighted by Crippen LogP contribution is 2.30. The van der Waals surface area contributed by atoms with Gasteiger partial charge in [-0.05, 0) is 28.1 Å². The fourth-order valence-corrected chi connectivity index (χ4v) is 2.14. The van der Waals surface area contributed by atoms with E-state index in [4.69, 9.17) is 10.5 Å². The fraction of sp³-hybridized carbons (Fsp3) is 0.0909. The van der Waals surface area contributed by atoms with Crippen molar-refractivity contribution in [3.63, 3.8) is 0 Å². The van der Waals surface area contributed by atoms with Crippen LogP contribution in [-0.2, 0) is 0 Å². The van der Waals surface area contributed by atoms with Crippen molar-refractivity contribution in [2.75, 3.05) is 18.2 Å². The van der Waals surface area contributed by atoms with Gasteiger partial charge in [0.2, 0.25) is 0 Å². The van der Waals surface area contributed by atoms with Crippen LogP contribution < -0.4 is 15.8 Å². The van der Waals surface area contributed by atoms with Gasteiger partial charge in [-0.25, -0.2) is 9.97 Å². The molecule has 1 aromatic carbocycles. The van der Waals surface area contributed by atoms with Crippen LogP contribution in [0.4, 0.5) is 17.3 Å². The van der Waals surface area contributed by atoms with Crippen molar-refractivity contribution in [1.82, 2.24) is 9.97 Å². The Labute approximate surface area is 121 Å². The summed E-state index contributed by atoms with van der Waals surface area (Å²) in [5.74, 6) is 1.72. The standard InChI is InChI=1S/C11H10Br2N4O/c1-18-8-3-6(12)2-7(4-8)17-11-9(13)10(14)15-5-16-11/h2-5H,1H3,(H3,14,15,16,17). The van der Waals surface area contributed by atoms with E-state index in [1.165, 1.54) is 6.33 Å². The van der Waals surface area contributed by atoms with E-state index < -0.39 is 0 Å². The maximum atomic E-state index is 5.69. The quantitative estimate of drug-likeness (QED) is 0.863. The summed E-state index contributed by atoms with van der Waals surface area (Å²) in [7, 11) is 1.62. The molecule has 2 rings (SSSR count). The summed E-state index contributed by atoms with van der Waals surface area (Å²) in [6, 6.07) is 5.64. The number of anilines is 3. The lowest BCUT2D eigenvalue weighted by atomic mass is 10.3. The number of nitrogens with one attached hydrogen (secondary N) is 1. The number of benzene rings is 1. The molecule has 5 nitrogen and oxygen atoms in total. The summed E-state index contributed by atoms with van der Waals surface area (Å²) in [5.41, 5.74) is 6.52. The van der Waals surface area contributed by atoms with Crippen molar-refractivity contribution >= 4 is 49.2 Å². The van der Waals surface area contributed by atoms with E-state index in [0.29, 0.717) is 16.1 Å².